The average molecular weight is 457 g/mol. The molecular formula is C23H28N4O4S. The number of anilines is 2. The van der Waals surface area contributed by atoms with Crippen molar-refractivity contribution in [2.75, 3.05) is 42.3 Å². The van der Waals surface area contributed by atoms with Crippen LogP contribution in [0.25, 0.3) is 10.9 Å². The Morgan fingerprint density at radius 2 is 1.97 bits per heavy atom. The lowest BCUT2D eigenvalue weighted by Crippen LogP contribution is -2.61. The lowest BCUT2D eigenvalue weighted by atomic mass is 9.99. The first kappa shape index (κ1) is 21.4. The van der Waals surface area contributed by atoms with Gasteiger partial charge in [-0.2, -0.15) is 10.6 Å². The maximum Gasteiger partial charge on any atom is 0.131 e. The molecule has 0 spiro atoms. The van der Waals surface area contributed by atoms with E-state index in [-0.39, 0.29) is 12.4 Å². The number of nitrogens with one attached hydrogen (secondary N) is 1. The first-order valence-corrected chi connectivity index (χ1v) is 12.3. The molecule has 8 nitrogen and oxygen atoms in total. The van der Waals surface area contributed by atoms with Crippen LogP contribution in [-0.4, -0.2) is 56.8 Å². The number of hydrogen-bond donors (Lipinski definition) is 5. The van der Waals surface area contributed by atoms with Gasteiger partial charge in [0.2, 0.25) is 0 Å². The number of nitrogens with two attached hydrogens (primary N) is 1. The van der Waals surface area contributed by atoms with Crippen LogP contribution in [0.1, 0.15) is 11.1 Å². The normalized spacial score (nSPS) is 20.2. The summed E-state index contributed by atoms with van der Waals surface area (Å²) in [6.45, 7) is 2.42. The van der Waals surface area contributed by atoms with E-state index >= 15 is 0 Å². The first-order chi connectivity index (χ1) is 15.4. The zero-order chi connectivity index (χ0) is 22.3. The van der Waals surface area contributed by atoms with Crippen molar-refractivity contribution in [2.24, 2.45) is 5.73 Å². The monoisotopic (exact) mass is 456 g/mol. The number of fused-ring (bicyclic) bond motifs is 2. The fourth-order valence-electron chi connectivity index (χ4n) is 4.25. The molecule has 9 heteroatoms. The van der Waals surface area contributed by atoms with Gasteiger partial charge in [-0.25, -0.2) is 4.98 Å². The summed E-state index contributed by atoms with van der Waals surface area (Å²) in [5.41, 5.74) is 9.14. The summed E-state index contributed by atoms with van der Waals surface area (Å²) in [7, 11) is -2.87. The van der Waals surface area contributed by atoms with Crippen molar-refractivity contribution < 1.29 is 18.9 Å². The van der Waals surface area contributed by atoms with E-state index in [1.807, 2.05) is 42.5 Å². The van der Waals surface area contributed by atoms with Crippen LogP contribution in [0.3, 0.4) is 0 Å². The van der Waals surface area contributed by atoms with E-state index < -0.39 is 16.1 Å². The number of aliphatic hydroxyl groups excluding tert-OH is 1. The van der Waals surface area contributed by atoms with Crippen LogP contribution in [0.4, 0.5) is 11.5 Å². The first-order valence-electron chi connectivity index (χ1n) is 10.6. The van der Waals surface area contributed by atoms with E-state index in [9.17, 15) is 14.2 Å². The molecule has 1 saturated heterocycles. The van der Waals surface area contributed by atoms with Crippen molar-refractivity contribution in [3.05, 3.63) is 59.7 Å². The van der Waals surface area contributed by atoms with Crippen LogP contribution in [-0.2, 0) is 17.9 Å². The SMILES string of the molecule is NC1(CNc2cc(N3CCS(O)(O)c4ccccc4C3)nc3c(CO)cccc23)COC1. The molecule has 0 amide bonds. The Bertz CT molecular complexity index is 1150. The Hall–Kier alpha value is -2.40. The van der Waals surface area contributed by atoms with Crippen molar-refractivity contribution in [1.29, 1.82) is 0 Å². The number of hydrogen-bond acceptors (Lipinski definition) is 8. The predicted molar refractivity (Wildman–Crippen MR) is 127 cm³/mol. The number of benzene rings is 2. The van der Waals surface area contributed by atoms with Crippen LogP contribution in [0.2, 0.25) is 0 Å². The standard InChI is InChI=1S/C23H28N4O4S/c24-23(14-31-15-23)13-25-19-10-21(26-22-17(12-28)5-3-6-18(19)22)27-8-9-32(29,30)20-7-2-1-4-16(20)11-27/h1-7,10,28-30H,8-9,11-15,24H2,(H,25,26). The van der Waals surface area contributed by atoms with Crippen LogP contribution in [0.5, 0.6) is 0 Å². The number of rotatable bonds is 5. The number of aliphatic hydroxyl groups is 1. The average Bonchev–Trinajstić information content (AvgIpc) is 2.91. The third-order valence-electron chi connectivity index (χ3n) is 6.15. The minimum atomic E-state index is -2.87. The van der Waals surface area contributed by atoms with Gasteiger partial charge in [0.15, 0.2) is 0 Å². The molecule has 170 valence electrons. The molecule has 2 aromatic carbocycles. The second kappa shape index (κ2) is 8.18. The summed E-state index contributed by atoms with van der Waals surface area (Å²) in [6.07, 6.45) is 0. The summed E-state index contributed by atoms with van der Waals surface area (Å²) in [4.78, 5) is 7.55. The zero-order valence-electron chi connectivity index (χ0n) is 17.7. The highest BCUT2D eigenvalue weighted by atomic mass is 32.3. The lowest BCUT2D eigenvalue weighted by molar-refractivity contribution is -0.0461. The van der Waals surface area contributed by atoms with E-state index in [0.717, 1.165) is 27.7 Å². The van der Waals surface area contributed by atoms with Gasteiger partial charge in [0.1, 0.15) is 5.82 Å². The van der Waals surface area contributed by atoms with E-state index in [0.29, 0.717) is 43.6 Å². The molecule has 0 unspecified atom stereocenters. The van der Waals surface area contributed by atoms with Gasteiger partial charge < -0.3 is 25.8 Å². The Morgan fingerprint density at radius 3 is 2.72 bits per heavy atom. The predicted octanol–water partition coefficient (Wildman–Crippen LogP) is 3.00. The molecule has 2 aliphatic heterocycles. The van der Waals surface area contributed by atoms with Gasteiger partial charge in [-0.1, -0.05) is 36.4 Å². The van der Waals surface area contributed by atoms with E-state index in [1.165, 1.54) is 0 Å². The van der Waals surface area contributed by atoms with Crippen molar-refractivity contribution in [1.82, 2.24) is 4.98 Å². The second-order valence-electron chi connectivity index (χ2n) is 8.61. The number of aromatic nitrogens is 1. The molecule has 3 heterocycles. The maximum atomic E-state index is 10.7. The van der Waals surface area contributed by atoms with Crippen LogP contribution < -0.4 is 16.0 Å². The molecule has 6 N–H and O–H groups in total. The maximum absolute atomic E-state index is 10.7. The Balaban J connectivity index is 1.56. The van der Waals surface area contributed by atoms with Gasteiger partial charge in [-0.05, 0) is 11.6 Å². The van der Waals surface area contributed by atoms with Gasteiger partial charge in [0, 0.05) is 42.3 Å². The molecule has 32 heavy (non-hydrogen) atoms. The Kier molecular flexibility index (Phi) is 5.48. The lowest BCUT2D eigenvalue weighted by Gasteiger charge is -2.38. The van der Waals surface area contributed by atoms with Crippen LogP contribution in [0, 0.1) is 0 Å². The molecule has 5 rings (SSSR count). The van der Waals surface area contributed by atoms with Gasteiger partial charge in [-0.15, -0.1) is 0 Å². The van der Waals surface area contributed by atoms with Gasteiger partial charge >= 0.3 is 0 Å². The second-order valence-corrected chi connectivity index (χ2v) is 10.8. The third kappa shape index (κ3) is 3.92. The van der Waals surface area contributed by atoms with E-state index in [4.69, 9.17) is 15.5 Å². The van der Waals surface area contributed by atoms with Gasteiger partial charge in [0.05, 0.1) is 41.5 Å². The highest BCUT2D eigenvalue weighted by molar-refractivity contribution is 8.24. The molecule has 1 fully saturated rings. The van der Waals surface area contributed by atoms with Gasteiger partial charge in [-0.3, -0.25) is 9.11 Å². The Morgan fingerprint density at radius 1 is 1.16 bits per heavy atom. The minimum absolute atomic E-state index is 0.120. The molecule has 0 bridgehead atoms. The quantitative estimate of drug-likeness (QED) is 0.397. The Labute approximate surface area is 188 Å². The third-order valence-corrected chi connectivity index (χ3v) is 8.00. The van der Waals surface area contributed by atoms with Crippen molar-refractivity contribution in [2.45, 2.75) is 23.6 Å². The summed E-state index contributed by atoms with van der Waals surface area (Å²) in [5.74, 6) is 0.945. The highest BCUT2D eigenvalue weighted by Gasteiger charge is 2.34. The largest absolute Gasteiger partial charge is 0.392 e. The molecule has 2 aliphatic rings. The molecule has 0 aliphatic carbocycles. The molecule has 0 saturated carbocycles. The molecular weight excluding hydrogens is 428 g/mol. The van der Waals surface area contributed by atoms with Crippen molar-refractivity contribution >= 4 is 33.0 Å². The smallest absolute Gasteiger partial charge is 0.131 e. The molecule has 0 radical (unpaired) electrons. The fraction of sp³-hybridized carbons (Fsp3) is 0.348. The molecule has 3 aromatic rings. The summed E-state index contributed by atoms with van der Waals surface area (Å²) >= 11 is 0. The number of ether oxygens (including phenoxy) is 1. The van der Waals surface area contributed by atoms with Gasteiger partial charge in [0.25, 0.3) is 0 Å². The number of pyridine rings is 1. The molecule has 1 aromatic heterocycles. The fourth-order valence-corrected chi connectivity index (χ4v) is 5.79. The topological polar surface area (TPSA) is 124 Å². The van der Waals surface area contributed by atoms with Crippen molar-refractivity contribution in [3.63, 3.8) is 0 Å². The number of nitrogens with zero attached hydrogens (tertiary/aromatic N) is 2. The van der Waals surface area contributed by atoms with Crippen LogP contribution in [0.15, 0.2) is 53.4 Å². The minimum Gasteiger partial charge on any atom is -0.392 e. The number of para-hydroxylation sites is 1. The van der Waals surface area contributed by atoms with E-state index in [1.54, 1.807) is 6.07 Å². The van der Waals surface area contributed by atoms with E-state index in [2.05, 4.69) is 10.2 Å². The highest BCUT2D eigenvalue weighted by Crippen LogP contribution is 2.51. The van der Waals surface area contributed by atoms with Crippen LogP contribution >= 0.6 is 10.6 Å². The summed E-state index contributed by atoms with van der Waals surface area (Å²) < 4.78 is 26.7. The zero-order valence-corrected chi connectivity index (χ0v) is 18.5. The van der Waals surface area contributed by atoms with Crippen molar-refractivity contribution in [3.8, 4) is 0 Å². The molecule has 0 atom stereocenters. The summed E-state index contributed by atoms with van der Waals surface area (Å²) in [5, 5.41) is 14.3. The summed E-state index contributed by atoms with van der Waals surface area (Å²) in [6, 6.07) is 15.2.